The molecule has 106 valence electrons. The Kier molecular flexibility index (Phi) is 8.95. The van der Waals surface area contributed by atoms with Gasteiger partial charge in [-0.05, 0) is 13.6 Å². The van der Waals surface area contributed by atoms with E-state index in [0.29, 0.717) is 6.54 Å². The standard InChI is InChI=1S/C11H23N3O4/c1-4-14(2)6-5-12-11(17)13-8-9(18-3)7-10(15)16/h9H,4-8H2,1-3H3,(H,15,16)(H2,12,13,17). The third-order valence-electron chi connectivity index (χ3n) is 2.54. The van der Waals surface area contributed by atoms with Crippen molar-refractivity contribution < 1.29 is 19.4 Å². The largest absolute Gasteiger partial charge is 0.481 e. The predicted molar refractivity (Wildman–Crippen MR) is 67.6 cm³/mol. The van der Waals surface area contributed by atoms with Crippen LogP contribution in [0.5, 0.6) is 0 Å². The third-order valence-corrected chi connectivity index (χ3v) is 2.54. The molecule has 0 heterocycles. The molecule has 18 heavy (non-hydrogen) atoms. The highest BCUT2D eigenvalue weighted by Crippen LogP contribution is 1.95. The van der Waals surface area contributed by atoms with Gasteiger partial charge in [0.15, 0.2) is 0 Å². The van der Waals surface area contributed by atoms with Crippen LogP contribution in [0.2, 0.25) is 0 Å². The molecule has 0 rings (SSSR count). The summed E-state index contributed by atoms with van der Waals surface area (Å²) in [7, 11) is 3.39. The van der Waals surface area contributed by atoms with E-state index in [2.05, 4.69) is 15.5 Å². The van der Waals surface area contributed by atoms with Crippen LogP contribution < -0.4 is 10.6 Å². The minimum Gasteiger partial charge on any atom is -0.481 e. The summed E-state index contributed by atoms with van der Waals surface area (Å²) >= 11 is 0. The van der Waals surface area contributed by atoms with Gasteiger partial charge in [0.05, 0.1) is 12.5 Å². The van der Waals surface area contributed by atoms with Crippen LogP contribution in [0.25, 0.3) is 0 Å². The quantitative estimate of drug-likeness (QED) is 0.531. The second-order valence-electron chi connectivity index (χ2n) is 3.99. The minimum atomic E-state index is -0.950. The lowest BCUT2D eigenvalue weighted by molar-refractivity contribution is -0.139. The number of carboxylic acid groups (broad SMARTS) is 1. The lowest BCUT2D eigenvalue weighted by atomic mass is 10.2. The number of likely N-dealkylation sites (N-methyl/N-ethyl adjacent to an activating group) is 1. The maximum Gasteiger partial charge on any atom is 0.314 e. The monoisotopic (exact) mass is 261 g/mol. The van der Waals surface area contributed by atoms with Crippen molar-refractivity contribution in [3.05, 3.63) is 0 Å². The molecule has 0 saturated carbocycles. The Balaban J connectivity index is 3.71. The lowest BCUT2D eigenvalue weighted by Crippen LogP contribution is -2.43. The molecule has 1 atom stereocenters. The molecule has 0 spiro atoms. The number of methoxy groups -OCH3 is 1. The van der Waals surface area contributed by atoms with Gasteiger partial charge in [0, 0.05) is 26.7 Å². The second kappa shape index (κ2) is 9.67. The molecule has 7 heteroatoms. The number of carbonyl (C=O) groups is 2. The maximum atomic E-state index is 11.4. The number of aliphatic carboxylic acids is 1. The van der Waals surface area contributed by atoms with Crippen molar-refractivity contribution in [2.24, 2.45) is 0 Å². The fourth-order valence-electron chi connectivity index (χ4n) is 1.22. The van der Waals surface area contributed by atoms with E-state index in [4.69, 9.17) is 9.84 Å². The summed E-state index contributed by atoms with van der Waals surface area (Å²) in [5, 5.41) is 13.9. The van der Waals surface area contributed by atoms with Gasteiger partial charge < -0.3 is 25.4 Å². The summed E-state index contributed by atoms with van der Waals surface area (Å²) in [5.74, 6) is -0.950. The van der Waals surface area contributed by atoms with Gasteiger partial charge in [0.1, 0.15) is 0 Å². The number of rotatable bonds is 9. The molecule has 0 aliphatic rings. The molecule has 1 unspecified atom stereocenters. The Morgan fingerprint density at radius 1 is 1.39 bits per heavy atom. The molecule has 0 aromatic rings. The van der Waals surface area contributed by atoms with Gasteiger partial charge in [0.25, 0.3) is 0 Å². The number of hydrogen-bond acceptors (Lipinski definition) is 4. The first kappa shape index (κ1) is 16.7. The zero-order valence-corrected chi connectivity index (χ0v) is 11.2. The second-order valence-corrected chi connectivity index (χ2v) is 3.99. The van der Waals surface area contributed by atoms with Crippen LogP contribution >= 0.6 is 0 Å². The van der Waals surface area contributed by atoms with Crippen molar-refractivity contribution in [2.45, 2.75) is 19.4 Å². The summed E-state index contributed by atoms with van der Waals surface area (Å²) < 4.78 is 4.94. The Morgan fingerprint density at radius 2 is 2.06 bits per heavy atom. The van der Waals surface area contributed by atoms with Gasteiger partial charge in [-0.1, -0.05) is 6.92 Å². The topological polar surface area (TPSA) is 90.9 Å². The Morgan fingerprint density at radius 3 is 2.56 bits per heavy atom. The highest BCUT2D eigenvalue weighted by Gasteiger charge is 2.13. The van der Waals surface area contributed by atoms with Gasteiger partial charge in [-0.25, -0.2) is 4.79 Å². The Bertz CT molecular complexity index is 261. The van der Waals surface area contributed by atoms with Crippen LogP contribution in [-0.4, -0.2) is 68.4 Å². The first-order valence-corrected chi connectivity index (χ1v) is 5.94. The van der Waals surface area contributed by atoms with Crippen molar-refractivity contribution in [1.29, 1.82) is 0 Å². The number of ether oxygens (including phenoxy) is 1. The van der Waals surface area contributed by atoms with E-state index in [0.717, 1.165) is 13.1 Å². The third kappa shape index (κ3) is 8.77. The van der Waals surface area contributed by atoms with Crippen LogP contribution in [-0.2, 0) is 9.53 Å². The van der Waals surface area contributed by atoms with E-state index in [1.165, 1.54) is 7.11 Å². The van der Waals surface area contributed by atoms with Gasteiger partial charge >= 0.3 is 12.0 Å². The van der Waals surface area contributed by atoms with Crippen molar-refractivity contribution >= 4 is 12.0 Å². The van der Waals surface area contributed by atoms with Gasteiger partial charge in [0.2, 0.25) is 0 Å². The summed E-state index contributed by atoms with van der Waals surface area (Å²) in [4.78, 5) is 23.9. The number of carbonyl (C=O) groups excluding carboxylic acids is 1. The number of carboxylic acids is 1. The maximum absolute atomic E-state index is 11.4. The number of hydrogen-bond donors (Lipinski definition) is 3. The van der Waals surface area contributed by atoms with Gasteiger partial charge in [-0.2, -0.15) is 0 Å². The molecule has 7 nitrogen and oxygen atoms in total. The molecule has 0 radical (unpaired) electrons. The zero-order valence-electron chi connectivity index (χ0n) is 11.2. The lowest BCUT2D eigenvalue weighted by Gasteiger charge is -2.16. The molecule has 0 aliphatic carbocycles. The van der Waals surface area contributed by atoms with Crippen molar-refractivity contribution in [2.75, 3.05) is 40.3 Å². The van der Waals surface area contributed by atoms with E-state index < -0.39 is 12.1 Å². The number of nitrogens with zero attached hydrogens (tertiary/aromatic N) is 1. The van der Waals surface area contributed by atoms with Crippen LogP contribution in [0, 0.1) is 0 Å². The molecule has 0 aliphatic heterocycles. The fraction of sp³-hybridized carbons (Fsp3) is 0.818. The van der Waals surface area contributed by atoms with E-state index in [1.807, 2.05) is 14.0 Å². The molecular formula is C11H23N3O4. The number of nitrogens with one attached hydrogen (secondary N) is 2. The normalized spacial score (nSPS) is 12.2. The molecule has 3 N–H and O–H groups in total. The Labute approximate surface area is 107 Å². The molecular weight excluding hydrogens is 238 g/mol. The Hall–Kier alpha value is -1.34. The average molecular weight is 261 g/mol. The summed E-state index contributed by atoms with van der Waals surface area (Å²) in [6.45, 7) is 4.46. The summed E-state index contributed by atoms with van der Waals surface area (Å²) in [6, 6.07) is -0.313. The molecule has 0 aromatic heterocycles. The van der Waals surface area contributed by atoms with Crippen molar-refractivity contribution in [3.8, 4) is 0 Å². The van der Waals surface area contributed by atoms with E-state index in [1.54, 1.807) is 0 Å². The fourth-order valence-corrected chi connectivity index (χ4v) is 1.22. The summed E-state index contributed by atoms with van der Waals surface area (Å²) in [5.41, 5.74) is 0. The number of amides is 2. The van der Waals surface area contributed by atoms with E-state index >= 15 is 0 Å². The molecule has 0 aromatic carbocycles. The van der Waals surface area contributed by atoms with Crippen molar-refractivity contribution in [1.82, 2.24) is 15.5 Å². The molecule has 0 fully saturated rings. The highest BCUT2D eigenvalue weighted by molar-refractivity contribution is 5.74. The number of urea groups is 1. The first-order chi connectivity index (χ1) is 8.49. The van der Waals surface area contributed by atoms with Gasteiger partial charge in [-0.3, -0.25) is 4.79 Å². The smallest absolute Gasteiger partial charge is 0.314 e. The first-order valence-electron chi connectivity index (χ1n) is 5.94. The highest BCUT2D eigenvalue weighted by atomic mass is 16.5. The van der Waals surface area contributed by atoms with Crippen LogP contribution in [0.4, 0.5) is 4.79 Å². The van der Waals surface area contributed by atoms with Crippen LogP contribution in [0.1, 0.15) is 13.3 Å². The molecule has 0 bridgehead atoms. The molecule has 2 amide bonds. The van der Waals surface area contributed by atoms with E-state index in [9.17, 15) is 9.59 Å². The zero-order chi connectivity index (χ0) is 14.0. The minimum absolute atomic E-state index is 0.130. The molecule has 0 saturated heterocycles. The summed E-state index contributed by atoms with van der Waals surface area (Å²) in [6.07, 6.45) is -0.637. The van der Waals surface area contributed by atoms with Crippen LogP contribution in [0.15, 0.2) is 0 Å². The SMILES string of the molecule is CCN(C)CCNC(=O)NCC(CC(=O)O)OC. The average Bonchev–Trinajstić information content (AvgIpc) is 2.33. The van der Waals surface area contributed by atoms with Gasteiger partial charge in [-0.15, -0.1) is 0 Å². The van der Waals surface area contributed by atoms with E-state index in [-0.39, 0.29) is 19.0 Å². The van der Waals surface area contributed by atoms with Crippen LogP contribution in [0.3, 0.4) is 0 Å². The predicted octanol–water partition coefficient (Wildman–Crippen LogP) is -0.273. The van der Waals surface area contributed by atoms with Crippen molar-refractivity contribution in [3.63, 3.8) is 0 Å².